The van der Waals surface area contributed by atoms with Crippen LogP contribution in [0.3, 0.4) is 0 Å². The number of anilines is 3. The van der Waals surface area contributed by atoms with E-state index < -0.39 is 0 Å². The summed E-state index contributed by atoms with van der Waals surface area (Å²) in [4.78, 5) is 21.9. The van der Waals surface area contributed by atoms with Gasteiger partial charge >= 0.3 is 0 Å². The third-order valence-electron chi connectivity index (χ3n) is 8.07. The second kappa shape index (κ2) is 9.45. The van der Waals surface area contributed by atoms with Crippen LogP contribution in [0, 0.1) is 0 Å². The molecule has 1 aromatic carbocycles. The lowest BCUT2D eigenvalue weighted by Crippen LogP contribution is -2.37. The molecule has 8 nitrogen and oxygen atoms in total. The average molecular weight is 517 g/mol. The lowest BCUT2D eigenvalue weighted by molar-refractivity contribution is -0.117. The van der Waals surface area contributed by atoms with Crippen LogP contribution in [0.25, 0.3) is 5.57 Å². The van der Waals surface area contributed by atoms with Gasteiger partial charge in [-0.15, -0.1) is 10.2 Å². The largest absolute Gasteiger partial charge is 0.378 e. The SMILES string of the molecule is CN1CCCC1CCNC(=O)C1=C2Sc3ccccc3N2c2nnc(N3CCOCC3)cc2C1=C1CC1. The van der Waals surface area contributed by atoms with Crippen LogP contribution in [0.2, 0.25) is 0 Å². The Morgan fingerprint density at radius 2 is 2.00 bits per heavy atom. The van der Waals surface area contributed by atoms with E-state index in [1.807, 2.05) is 6.07 Å². The number of hydrogen-bond acceptors (Lipinski definition) is 8. The first-order valence-corrected chi connectivity index (χ1v) is 14.2. The zero-order valence-electron chi connectivity index (χ0n) is 21.2. The predicted molar refractivity (Wildman–Crippen MR) is 146 cm³/mol. The Balaban J connectivity index is 1.28. The van der Waals surface area contributed by atoms with E-state index in [9.17, 15) is 4.79 Å². The second-order valence-electron chi connectivity index (χ2n) is 10.4. The number of thioether (sulfide) groups is 1. The maximum Gasteiger partial charge on any atom is 0.254 e. The van der Waals surface area contributed by atoms with Gasteiger partial charge in [0.25, 0.3) is 5.91 Å². The number of para-hydroxylation sites is 1. The molecule has 2 aromatic rings. The highest BCUT2D eigenvalue weighted by Gasteiger charge is 2.42. The van der Waals surface area contributed by atoms with Crippen molar-refractivity contribution in [2.75, 3.05) is 56.2 Å². The van der Waals surface area contributed by atoms with E-state index in [4.69, 9.17) is 9.84 Å². The minimum Gasteiger partial charge on any atom is -0.378 e. The lowest BCUT2D eigenvalue weighted by Gasteiger charge is -2.32. The van der Waals surface area contributed by atoms with Gasteiger partial charge in [-0.3, -0.25) is 9.69 Å². The van der Waals surface area contributed by atoms with Crippen molar-refractivity contribution in [1.29, 1.82) is 0 Å². The molecule has 5 heterocycles. The van der Waals surface area contributed by atoms with Crippen LogP contribution in [-0.2, 0) is 9.53 Å². The normalized spacial score (nSPS) is 22.8. The monoisotopic (exact) mass is 516 g/mol. The van der Waals surface area contributed by atoms with Crippen LogP contribution in [0.15, 0.2) is 51.4 Å². The van der Waals surface area contributed by atoms with Crippen molar-refractivity contribution >= 4 is 40.6 Å². The summed E-state index contributed by atoms with van der Waals surface area (Å²) in [7, 11) is 2.19. The summed E-state index contributed by atoms with van der Waals surface area (Å²) in [6.07, 6.45) is 5.49. The third-order valence-corrected chi connectivity index (χ3v) is 9.22. The summed E-state index contributed by atoms with van der Waals surface area (Å²) in [6, 6.07) is 11.0. The number of benzene rings is 1. The van der Waals surface area contributed by atoms with Gasteiger partial charge in [0.2, 0.25) is 0 Å². The molecule has 4 aliphatic heterocycles. The highest BCUT2D eigenvalue weighted by atomic mass is 32.2. The van der Waals surface area contributed by atoms with E-state index in [0.717, 1.165) is 82.9 Å². The van der Waals surface area contributed by atoms with E-state index >= 15 is 0 Å². The molecule has 5 aliphatic rings. The fourth-order valence-corrected chi connectivity index (χ4v) is 7.14. The van der Waals surface area contributed by atoms with Gasteiger partial charge in [0.15, 0.2) is 11.6 Å². The minimum atomic E-state index is 0.0192. The summed E-state index contributed by atoms with van der Waals surface area (Å²) in [6.45, 7) is 4.81. The Morgan fingerprint density at radius 3 is 2.78 bits per heavy atom. The Labute approximate surface area is 221 Å². The molecule has 1 unspecified atom stereocenters. The number of ether oxygens (including phenoxy) is 1. The van der Waals surface area contributed by atoms with Crippen molar-refractivity contribution in [1.82, 2.24) is 20.4 Å². The van der Waals surface area contributed by atoms with Crippen LogP contribution < -0.4 is 15.1 Å². The number of carbonyl (C=O) groups excluding carboxylic acids is 1. The van der Waals surface area contributed by atoms with Gasteiger partial charge in [0.05, 0.1) is 29.5 Å². The van der Waals surface area contributed by atoms with Crippen molar-refractivity contribution in [3.63, 3.8) is 0 Å². The number of hydrogen-bond donors (Lipinski definition) is 1. The zero-order chi connectivity index (χ0) is 24.9. The smallest absolute Gasteiger partial charge is 0.254 e. The molecule has 7 rings (SSSR count). The number of likely N-dealkylation sites (tertiary alicyclic amines) is 1. The fraction of sp³-hybridized carbons (Fsp3) is 0.464. The number of rotatable bonds is 5. The van der Waals surface area contributed by atoms with Gasteiger partial charge in [-0.25, -0.2) is 0 Å². The van der Waals surface area contributed by atoms with E-state index in [0.29, 0.717) is 25.8 Å². The maximum absolute atomic E-state index is 14.0. The first-order valence-electron chi connectivity index (χ1n) is 13.4. The molecule has 9 heteroatoms. The summed E-state index contributed by atoms with van der Waals surface area (Å²) in [5.41, 5.74) is 5.29. The first-order chi connectivity index (χ1) is 18.2. The van der Waals surface area contributed by atoms with Crippen LogP contribution in [0.4, 0.5) is 17.3 Å². The molecule has 1 aliphatic carbocycles. The number of fused-ring (bicyclic) bond motifs is 5. The summed E-state index contributed by atoms with van der Waals surface area (Å²) in [5.74, 6) is 1.70. The predicted octanol–water partition coefficient (Wildman–Crippen LogP) is 3.93. The van der Waals surface area contributed by atoms with Crippen LogP contribution >= 0.6 is 11.8 Å². The Hall–Kier alpha value is -2.88. The molecule has 192 valence electrons. The van der Waals surface area contributed by atoms with Crippen molar-refractivity contribution in [2.24, 2.45) is 0 Å². The molecule has 2 saturated heterocycles. The van der Waals surface area contributed by atoms with Gasteiger partial charge in [0, 0.05) is 41.7 Å². The van der Waals surface area contributed by atoms with E-state index in [1.54, 1.807) is 11.8 Å². The molecular formula is C28H32N6O2S. The van der Waals surface area contributed by atoms with Crippen molar-refractivity contribution < 1.29 is 9.53 Å². The third kappa shape index (κ3) is 4.13. The molecule has 1 saturated carbocycles. The number of nitrogens with one attached hydrogen (secondary N) is 1. The van der Waals surface area contributed by atoms with Gasteiger partial charge in [0.1, 0.15) is 0 Å². The average Bonchev–Trinajstić information content (AvgIpc) is 3.58. The van der Waals surface area contributed by atoms with E-state index in [2.05, 4.69) is 56.4 Å². The zero-order valence-corrected chi connectivity index (χ0v) is 22.0. The number of morpholine rings is 1. The van der Waals surface area contributed by atoms with E-state index in [-0.39, 0.29) is 5.91 Å². The van der Waals surface area contributed by atoms with Gasteiger partial charge < -0.3 is 19.9 Å². The van der Waals surface area contributed by atoms with Gasteiger partial charge in [-0.1, -0.05) is 29.5 Å². The lowest BCUT2D eigenvalue weighted by atomic mass is 9.93. The summed E-state index contributed by atoms with van der Waals surface area (Å²) < 4.78 is 5.55. The highest BCUT2D eigenvalue weighted by molar-refractivity contribution is 8.03. The minimum absolute atomic E-state index is 0.0192. The second-order valence-corrected chi connectivity index (χ2v) is 11.5. The number of amides is 1. The van der Waals surface area contributed by atoms with Crippen LogP contribution in [0.1, 0.15) is 37.7 Å². The molecule has 0 bridgehead atoms. The van der Waals surface area contributed by atoms with Crippen molar-refractivity contribution in [3.8, 4) is 0 Å². The standard InChI is InChI=1S/C28H32N6O2S/c1-32-12-4-5-19(32)10-11-29-27(35)25-24(18-8-9-18)20-17-23(33-13-15-36-16-14-33)30-31-26(20)34-21-6-2-3-7-22(21)37-28(25)34/h2-3,6-7,17,19H,4-5,8-16H2,1H3,(H,29,35). The molecule has 1 N–H and O–H groups in total. The topological polar surface area (TPSA) is 73.8 Å². The molecule has 1 amide bonds. The number of allylic oxidation sites excluding steroid dienone is 1. The van der Waals surface area contributed by atoms with E-state index in [1.165, 1.54) is 18.4 Å². The Morgan fingerprint density at radius 1 is 1.16 bits per heavy atom. The quantitative estimate of drug-likeness (QED) is 0.641. The summed E-state index contributed by atoms with van der Waals surface area (Å²) >= 11 is 1.67. The Kier molecular flexibility index (Phi) is 5.94. The molecule has 0 spiro atoms. The van der Waals surface area contributed by atoms with Crippen molar-refractivity contribution in [3.05, 3.63) is 52.1 Å². The van der Waals surface area contributed by atoms with Gasteiger partial charge in [-0.05, 0) is 63.9 Å². The number of aromatic nitrogens is 2. The molecule has 1 aromatic heterocycles. The number of carbonyl (C=O) groups is 1. The van der Waals surface area contributed by atoms with Crippen LogP contribution in [0.5, 0.6) is 0 Å². The van der Waals surface area contributed by atoms with Crippen LogP contribution in [-0.4, -0.2) is 73.5 Å². The molecule has 37 heavy (non-hydrogen) atoms. The molecule has 1 atom stereocenters. The summed E-state index contributed by atoms with van der Waals surface area (Å²) in [5, 5.41) is 13.7. The Bertz CT molecular complexity index is 1310. The van der Waals surface area contributed by atoms with Gasteiger partial charge in [-0.2, -0.15) is 0 Å². The highest BCUT2D eigenvalue weighted by Crippen LogP contribution is 2.58. The molecular weight excluding hydrogens is 484 g/mol. The maximum atomic E-state index is 14.0. The number of nitrogens with zero attached hydrogens (tertiary/aromatic N) is 5. The molecule has 0 radical (unpaired) electrons. The first kappa shape index (κ1) is 23.3. The molecule has 3 fully saturated rings. The van der Waals surface area contributed by atoms with Crippen molar-refractivity contribution in [2.45, 2.75) is 43.0 Å². The fourth-order valence-electron chi connectivity index (χ4n) is 5.95.